The SMILES string of the molecule is CC(C)c1nccn1CCN1CCN(C(=O)c2ccc(=O)[nH]n2)CC1. The van der Waals surface area contributed by atoms with Gasteiger partial charge in [0.05, 0.1) is 0 Å². The number of nitrogens with one attached hydrogen (secondary N) is 1. The second-order valence-corrected chi connectivity index (χ2v) is 6.57. The molecule has 8 heteroatoms. The zero-order valence-corrected chi connectivity index (χ0v) is 14.7. The van der Waals surface area contributed by atoms with E-state index in [1.165, 1.54) is 12.1 Å². The minimum absolute atomic E-state index is 0.132. The van der Waals surface area contributed by atoms with E-state index in [0.717, 1.165) is 32.0 Å². The molecule has 1 aliphatic heterocycles. The van der Waals surface area contributed by atoms with E-state index in [9.17, 15) is 9.59 Å². The van der Waals surface area contributed by atoms with Gasteiger partial charge in [-0.05, 0) is 6.07 Å². The maximum Gasteiger partial charge on any atom is 0.274 e. The van der Waals surface area contributed by atoms with Crippen LogP contribution < -0.4 is 5.56 Å². The minimum atomic E-state index is -0.304. The maximum absolute atomic E-state index is 12.4. The molecule has 3 rings (SSSR count). The topological polar surface area (TPSA) is 87.1 Å². The zero-order chi connectivity index (χ0) is 17.8. The van der Waals surface area contributed by atoms with E-state index in [-0.39, 0.29) is 17.2 Å². The molecule has 1 saturated heterocycles. The molecule has 1 N–H and O–H groups in total. The Labute approximate surface area is 146 Å². The molecule has 1 aliphatic rings. The van der Waals surface area contributed by atoms with E-state index < -0.39 is 0 Å². The molecule has 0 aromatic carbocycles. The van der Waals surface area contributed by atoms with Crippen LogP contribution in [-0.4, -0.2) is 68.2 Å². The standard InChI is InChI=1S/C17H24N6O2/c1-13(2)16-18-5-6-22(16)10-7-21-8-11-23(12-9-21)17(25)14-3-4-15(24)20-19-14/h3-6,13H,7-12H2,1-2H3,(H,20,24). The van der Waals surface area contributed by atoms with Crippen molar-refractivity contribution in [2.45, 2.75) is 26.3 Å². The Hall–Kier alpha value is -2.48. The van der Waals surface area contributed by atoms with Crippen molar-refractivity contribution < 1.29 is 4.79 Å². The number of amides is 1. The number of rotatable bonds is 5. The third-order valence-electron chi connectivity index (χ3n) is 4.48. The summed E-state index contributed by atoms with van der Waals surface area (Å²) in [7, 11) is 0. The van der Waals surface area contributed by atoms with E-state index in [0.29, 0.717) is 19.0 Å². The first-order chi connectivity index (χ1) is 12.0. The zero-order valence-electron chi connectivity index (χ0n) is 14.7. The molecule has 8 nitrogen and oxygen atoms in total. The third kappa shape index (κ3) is 4.14. The molecular weight excluding hydrogens is 320 g/mol. The van der Waals surface area contributed by atoms with Crippen LogP contribution in [0.3, 0.4) is 0 Å². The number of aromatic amines is 1. The van der Waals surface area contributed by atoms with Crippen LogP contribution in [0.5, 0.6) is 0 Å². The Bertz CT molecular complexity index is 753. The van der Waals surface area contributed by atoms with E-state index in [4.69, 9.17) is 0 Å². The van der Waals surface area contributed by atoms with Crippen LogP contribution in [0.2, 0.25) is 0 Å². The van der Waals surface area contributed by atoms with Gasteiger partial charge in [0.15, 0.2) is 0 Å². The minimum Gasteiger partial charge on any atom is -0.335 e. The van der Waals surface area contributed by atoms with Gasteiger partial charge in [0.1, 0.15) is 11.5 Å². The Morgan fingerprint density at radius 1 is 1.20 bits per heavy atom. The van der Waals surface area contributed by atoms with Gasteiger partial charge in [0.25, 0.3) is 11.5 Å². The first-order valence-corrected chi connectivity index (χ1v) is 8.63. The van der Waals surface area contributed by atoms with Gasteiger partial charge in [-0.15, -0.1) is 0 Å². The van der Waals surface area contributed by atoms with Crippen LogP contribution in [0.4, 0.5) is 0 Å². The number of imidazole rings is 1. The molecule has 2 aromatic heterocycles. The summed E-state index contributed by atoms with van der Waals surface area (Å²) in [5.41, 5.74) is -0.0188. The Kier molecular flexibility index (Phi) is 5.28. The monoisotopic (exact) mass is 344 g/mol. The van der Waals surface area contributed by atoms with Crippen LogP contribution in [-0.2, 0) is 6.54 Å². The molecule has 0 atom stereocenters. The van der Waals surface area contributed by atoms with Crippen molar-refractivity contribution in [1.82, 2.24) is 29.5 Å². The number of hydrogen-bond donors (Lipinski definition) is 1. The van der Waals surface area contributed by atoms with E-state index >= 15 is 0 Å². The van der Waals surface area contributed by atoms with Gasteiger partial charge < -0.3 is 9.47 Å². The normalized spacial score (nSPS) is 15.7. The van der Waals surface area contributed by atoms with Gasteiger partial charge in [0, 0.05) is 63.6 Å². The van der Waals surface area contributed by atoms with E-state index in [1.54, 1.807) is 4.90 Å². The van der Waals surface area contributed by atoms with Crippen LogP contribution in [0, 0.1) is 0 Å². The summed E-state index contributed by atoms with van der Waals surface area (Å²) in [4.78, 5) is 32.0. The fourth-order valence-electron chi connectivity index (χ4n) is 3.06. The summed E-state index contributed by atoms with van der Waals surface area (Å²) in [5.74, 6) is 1.39. The van der Waals surface area contributed by atoms with Gasteiger partial charge in [-0.3, -0.25) is 14.5 Å². The lowest BCUT2D eigenvalue weighted by molar-refractivity contribution is 0.0626. The molecular formula is C17H24N6O2. The number of hydrogen-bond acceptors (Lipinski definition) is 5. The lowest BCUT2D eigenvalue weighted by atomic mass is 10.2. The van der Waals surface area contributed by atoms with Crippen LogP contribution in [0.1, 0.15) is 36.1 Å². The molecule has 2 aromatic rings. The molecule has 0 radical (unpaired) electrons. The van der Waals surface area contributed by atoms with Crippen molar-refractivity contribution in [3.8, 4) is 0 Å². The average Bonchev–Trinajstić information content (AvgIpc) is 3.09. The molecule has 0 bridgehead atoms. The molecule has 1 fully saturated rings. The molecule has 134 valence electrons. The van der Waals surface area contributed by atoms with Crippen molar-refractivity contribution in [2.24, 2.45) is 0 Å². The smallest absolute Gasteiger partial charge is 0.274 e. The van der Waals surface area contributed by atoms with Gasteiger partial charge in [-0.1, -0.05) is 13.8 Å². The molecule has 25 heavy (non-hydrogen) atoms. The number of carbonyl (C=O) groups excluding carboxylic acids is 1. The maximum atomic E-state index is 12.4. The van der Waals surface area contributed by atoms with Gasteiger partial charge in [-0.25, -0.2) is 10.1 Å². The largest absolute Gasteiger partial charge is 0.335 e. The van der Waals surface area contributed by atoms with Crippen LogP contribution >= 0.6 is 0 Å². The van der Waals surface area contributed by atoms with E-state index in [1.807, 2.05) is 12.4 Å². The number of aromatic nitrogens is 4. The third-order valence-corrected chi connectivity index (χ3v) is 4.48. The van der Waals surface area contributed by atoms with Gasteiger partial charge in [0.2, 0.25) is 0 Å². The summed E-state index contributed by atoms with van der Waals surface area (Å²) >= 11 is 0. The van der Waals surface area contributed by atoms with Crippen molar-refractivity contribution in [2.75, 3.05) is 32.7 Å². The Morgan fingerprint density at radius 3 is 2.60 bits per heavy atom. The second kappa shape index (κ2) is 7.60. The molecule has 0 unspecified atom stereocenters. The van der Waals surface area contributed by atoms with Crippen molar-refractivity contribution >= 4 is 5.91 Å². The lowest BCUT2D eigenvalue weighted by Crippen LogP contribution is -2.49. The average molecular weight is 344 g/mol. The van der Waals surface area contributed by atoms with E-state index in [2.05, 4.69) is 38.5 Å². The highest BCUT2D eigenvalue weighted by Crippen LogP contribution is 2.12. The Morgan fingerprint density at radius 2 is 1.96 bits per heavy atom. The predicted molar refractivity (Wildman–Crippen MR) is 93.5 cm³/mol. The summed E-state index contributed by atoms with van der Waals surface area (Å²) < 4.78 is 2.20. The highest BCUT2D eigenvalue weighted by molar-refractivity contribution is 5.92. The highest BCUT2D eigenvalue weighted by atomic mass is 16.2. The molecule has 3 heterocycles. The number of nitrogens with zero attached hydrogens (tertiary/aromatic N) is 5. The fourth-order valence-corrected chi connectivity index (χ4v) is 3.06. The molecule has 1 amide bonds. The fraction of sp³-hybridized carbons (Fsp3) is 0.529. The summed E-state index contributed by atoms with van der Waals surface area (Å²) in [6.07, 6.45) is 3.88. The first kappa shape index (κ1) is 17.3. The number of carbonyl (C=O) groups is 1. The van der Waals surface area contributed by atoms with Crippen molar-refractivity contribution in [3.05, 3.63) is 46.4 Å². The van der Waals surface area contributed by atoms with Gasteiger partial charge in [-0.2, -0.15) is 5.10 Å². The summed E-state index contributed by atoms with van der Waals surface area (Å²) in [5, 5.41) is 6.12. The molecule has 0 spiro atoms. The highest BCUT2D eigenvalue weighted by Gasteiger charge is 2.23. The van der Waals surface area contributed by atoms with Gasteiger partial charge >= 0.3 is 0 Å². The number of H-pyrrole nitrogens is 1. The quantitative estimate of drug-likeness (QED) is 0.856. The molecule has 0 saturated carbocycles. The van der Waals surface area contributed by atoms with Crippen molar-refractivity contribution in [1.29, 1.82) is 0 Å². The summed E-state index contributed by atoms with van der Waals surface area (Å²) in [6, 6.07) is 2.80. The molecule has 0 aliphatic carbocycles. The lowest BCUT2D eigenvalue weighted by Gasteiger charge is -2.34. The number of piperazine rings is 1. The Balaban J connectivity index is 1.50. The first-order valence-electron chi connectivity index (χ1n) is 8.63. The van der Waals surface area contributed by atoms with Crippen molar-refractivity contribution in [3.63, 3.8) is 0 Å². The second-order valence-electron chi connectivity index (χ2n) is 6.57. The predicted octanol–water partition coefficient (Wildman–Crippen LogP) is 0.548. The van der Waals surface area contributed by atoms with Crippen LogP contribution in [0.15, 0.2) is 29.3 Å². The summed E-state index contributed by atoms with van der Waals surface area (Å²) in [6.45, 7) is 9.14. The van der Waals surface area contributed by atoms with Crippen LogP contribution in [0.25, 0.3) is 0 Å².